The largest absolute Gasteiger partial charge is 0.497 e. The second-order valence-electron chi connectivity index (χ2n) is 3.89. The van der Waals surface area contributed by atoms with Crippen LogP contribution in [0.4, 0.5) is 0 Å². The third-order valence-corrected chi connectivity index (χ3v) is 4.00. The number of rotatable bonds is 8. The van der Waals surface area contributed by atoms with Gasteiger partial charge in [-0.2, -0.15) is 0 Å². The average Bonchev–Trinajstić information content (AvgIpc) is 2.45. The van der Waals surface area contributed by atoms with Crippen LogP contribution in [-0.4, -0.2) is 46.2 Å². The summed E-state index contributed by atoms with van der Waals surface area (Å²) in [6, 6.07) is 6.53. The monoisotopic (exact) mass is 320 g/mol. The van der Waals surface area contributed by atoms with Gasteiger partial charge in [-0.05, 0) is 24.3 Å². The molecule has 1 amide bonds. The third-order valence-electron chi connectivity index (χ3n) is 2.43. The number of carbonyl (C=O) groups excluding carboxylic acids is 1. The van der Waals surface area contributed by atoms with Crippen LogP contribution in [0.25, 0.3) is 0 Å². The molecule has 2 N–H and O–H groups in total. The molecule has 0 fully saturated rings. The van der Waals surface area contributed by atoms with Gasteiger partial charge in [0.25, 0.3) is 5.91 Å². The molecule has 0 unspecified atom stereocenters. The van der Waals surface area contributed by atoms with Gasteiger partial charge in [0.2, 0.25) is 10.0 Å². The van der Waals surface area contributed by atoms with E-state index < -0.39 is 10.0 Å². The summed E-state index contributed by atoms with van der Waals surface area (Å²) in [5.41, 5.74) is 0.442. The Kier molecular flexibility index (Phi) is 6.77. The first-order valence-electron chi connectivity index (χ1n) is 5.94. The molecule has 1 aromatic carbocycles. The van der Waals surface area contributed by atoms with Crippen LogP contribution in [-0.2, 0) is 10.0 Å². The van der Waals surface area contributed by atoms with E-state index in [1.54, 1.807) is 24.3 Å². The average molecular weight is 321 g/mol. The minimum Gasteiger partial charge on any atom is -0.497 e. The number of amides is 1. The molecule has 0 atom stereocenters. The van der Waals surface area contributed by atoms with Crippen molar-refractivity contribution >= 4 is 27.5 Å². The van der Waals surface area contributed by atoms with Crippen molar-refractivity contribution in [3.05, 3.63) is 29.8 Å². The van der Waals surface area contributed by atoms with Crippen LogP contribution in [0.5, 0.6) is 5.75 Å². The zero-order valence-corrected chi connectivity index (χ0v) is 12.6. The molecule has 112 valence electrons. The lowest BCUT2D eigenvalue weighted by Gasteiger charge is -2.07. The van der Waals surface area contributed by atoms with Crippen molar-refractivity contribution < 1.29 is 17.9 Å². The van der Waals surface area contributed by atoms with Crippen LogP contribution in [0.3, 0.4) is 0 Å². The van der Waals surface area contributed by atoms with Crippen molar-refractivity contribution in [2.75, 3.05) is 31.8 Å². The number of benzene rings is 1. The fourth-order valence-corrected chi connectivity index (χ4v) is 2.54. The second-order valence-corrected chi connectivity index (χ2v) is 6.19. The van der Waals surface area contributed by atoms with E-state index >= 15 is 0 Å². The fourth-order valence-electron chi connectivity index (χ4n) is 1.41. The van der Waals surface area contributed by atoms with Gasteiger partial charge in [-0.3, -0.25) is 4.79 Å². The van der Waals surface area contributed by atoms with Gasteiger partial charge >= 0.3 is 0 Å². The lowest BCUT2D eigenvalue weighted by Crippen LogP contribution is -2.35. The lowest BCUT2D eigenvalue weighted by molar-refractivity contribution is 0.0956. The van der Waals surface area contributed by atoms with E-state index in [1.165, 1.54) is 7.11 Å². The zero-order chi connectivity index (χ0) is 15.0. The highest BCUT2D eigenvalue weighted by Gasteiger charge is 2.11. The Labute approximate surface area is 123 Å². The Morgan fingerprint density at radius 1 is 1.25 bits per heavy atom. The Bertz CT molecular complexity index is 531. The predicted molar refractivity (Wildman–Crippen MR) is 77.8 cm³/mol. The number of carbonyl (C=O) groups is 1. The molecule has 20 heavy (non-hydrogen) atoms. The van der Waals surface area contributed by atoms with Gasteiger partial charge in [-0.1, -0.05) is 0 Å². The lowest BCUT2D eigenvalue weighted by atomic mass is 10.2. The van der Waals surface area contributed by atoms with E-state index in [-0.39, 0.29) is 30.6 Å². The van der Waals surface area contributed by atoms with Gasteiger partial charge in [0.05, 0.1) is 12.9 Å². The van der Waals surface area contributed by atoms with Gasteiger partial charge in [-0.25, -0.2) is 13.1 Å². The number of hydrogen-bond acceptors (Lipinski definition) is 4. The van der Waals surface area contributed by atoms with Gasteiger partial charge in [-0.15, -0.1) is 11.6 Å². The van der Waals surface area contributed by atoms with Crippen molar-refractivity contribution in [1.82, 2.24) is 10.0 Å². The Hall–Kier alpha value is -1.31. The SMILES string of the molecule is COc1ccc(C(=O)NCCS(=O)(=O)NCCCl)cc1. The third kappa shape index (κ3) is 5.77. The smallest absolute Gasteiger partial charge is 0.251 e. The zero-order valence-electron chi connectivity index (χ0n) is 11.1. The fraction of sp³-hybridized carbons (Fsp3) is 0.417. The highest BCUT2D eigenvalue weighted by atomic mass is 35.5. The molecule has 0 heterocycles. The van der Waals surface area contributed by atoms with Crippen molar-refractivity contribution in [1.29, 1.82) is 0 Å². The van der Waals surface area contributed by atoms with E-state index in [4.69, 9.17) is 16.3 Å². The van der Waals surface area contributed by atoms with Crippen molar-refractivity contribution in [3.63, 3.8) is 0 Å². The standard InChI is InChI=1S/C12H17ClN2O4S/c1-19-11-4-2-10(3-5-11)12(16)14-8-9-20(17,18)15-7-6-13/h2-5,15H,6-9H2,1H3,(H,14,16). The molecule has 1 rings (SSSR count). The van der Waals surface area contributed by atoms with E-state index in [9.17, 15) is 13.2 Å². The first kappa shape index (κ1) is 16.7. The summed E-state index contributed by atoms with van der Waals surface area (Å²) in [4.78, 5) is 11.8. The van der Waals surface area contributed by atoms with Gasteiger partial charge < -0.3 is 10.1 Å². The van der Waals surface area contributed by atoms with Crippen molar-refractivity contribution in [3.8, 4) is 5.75 Å². The normalized spacial score (nSPS) is 11.1. The van der Waals surface area contributed by atoms with Crippen LogP contribution in [0, 0.1) is 0 Å². The van der Waals surface area contributed by atoms with Crippen LogP contribution in [0.2, 0.25) is 0 Å². The van der Waals surface area contributed by atoms with Crippen LogP contribution < -0.4 is 14.8 Å². The molecule has 0 radical (unpaired) electrons. The summed E-state index contributed by atoms with van der Waals surface area (Å²) in [5.74, 6) is 0.332. The summed E-state index contributed by atoms with van der Waals surface area (Å²) in [6.07, 6.45) is 0. The molecular formula is C12H17ClN2O4S. The molecule has 6 nitrogen and oxygen atoms in total. The molecule has 0 spiro atoms. The minimum atomic E-state index is -3.40. The first-order valence-corrected chi connectivity index (χ1v) is 8.13. The number of ether oxygens (including phenoxy) is 1. The first-order chi connectivity index (χ1) is 9.48. The summed E-state index contributed by atoms with van der Waals surface area (Å²) in [6.45, 7) is 0.207. The molecule has 0 bridgehead atoms. The van der Waals surface area contributed by atoms with Crippen LogP contribution >= 0.6 is 11.6 Å². The summed E-state index contributed by atoms with van der Waals surface area (Å²) in [5, 5.41) is 2.54. The van der Waals surface area contributed by atoms with Crippen LogP contribution in [0.1, 0.15) is 10.4 Å². The quantitative estimate of drug-likeness (QED) is 0.686. The predicted octanol–water partition coefficient (Wildman–Crippen LogP) is 0.583. The van der Waals surface area contributed by atoms with Gasteiger partial charge in [0.1, 0.15) is 5.75 Å². The number of halogens is 1. The second kappa shape index (κ2) is 8.08. The van der Waals surface area contributed by atoms with E-state index in [0.717, 1.165) is 0 Å². The summed E-state index contributed by atoms with van der Waals surface area (Å²) >= 11 is 5.39. The molecule has 0 aliphatic heterocycles. The number of hydrogen-bond donors (Lipinski definition) is 2. The Balaban J connectivity index is 2.43. The Morgan fingerprint density at radius 2 is 1.90 bits per heavy atom. The summed E-state index contributed by atoms with van der Waals surface area (Å²) < 4.78 is 30.2. The summed E-state index contributed by atoms with van der Waals surface area (Å²) in [7, 11) is -1.87. The number of nitrogens with one attached hydrogen (secondary N) is 2. The van der Waals surface area contributed by atoms with E-state index in [0.29, 0.717) is 11.3 Å². The highest BCUT2D eigenvalue weighted by molar-refractivity contribution is 7.89. The van der Waals surface area contributed by atoms with Crippen molar-refractivity contribution in [2.45, 2.75) is 0 Å². The molecule has 0 aliphatic rings. The molecule has 0 saturated heterocycles. The van der Waals surface area contributed by atoms with Gasteiger partial charge in [0, 0.05) is 24.5 Å². The number of alkyl halides is 1. The van der Waals surface area contributed by atoms with Crippen molar-refractivity contribution in [2.24, 2.45) is 0 Å². The number of sulfonamides is 1. The maximum atomic E-state index is 11.8. The molecule has 0 aliphatic carbocycles. The maximum Gasteiger partial charge on any atom is 0.251 e. The van der Waals surface area contributed by atoms with Gasteiger partial charge in [0.15, 0.2) is 0 Å². The highest BCUT2D eigenvalue weighted by Crippen LogP contribution is 2.10. The minimum absolute atomic E-state index is 0.0302. The van der Waals surface area contributed by atoms with E-state index in [1.807, 2.05) is 0 Å². The molecule has 0 saturated carbocycles. The van der Waals surface area contributed by atoms with E-state index in [2.05, 4.69) is 10.0 Å². The Morgan fingerprint density at radius 3 is 2.45 bits per heavy atom. The maximum absolute atomic E-state index is 11.8. The molecule has 8 heteroatoms. The number of methoxy groups -OCH3 is 1. The topological polar surface area (TPSA) is 84.5 Å². The van der Waals surface area contributed by atoms with Crippen LogP contribution in [0.15, 0.2) is 24.3 Å². The molecular weight excluding hydrogens is 304 g/mol. The molecule has 0 aromatic heterocycles. The molecule has 1 aromatic rings.